The van der Waals surface area contributed by atoms with Crippen molar-refractivity contribution in [3.63, 3.8) is 0 Å². The highest BCUT2D eigenvalue weighted by atomic mass is 19.1. The number of likely N-dealkylation sites (tertiary alicyclic amines) is 1. The van der Waals surface area contributed by atoms with Gasteiger partial charge in [0.15, 0.2) is 0 Å². The third-order valence-electron chi connectivity index (χ3n) is 5.13. The summed E-state index contributed by atoms with van der Waals surface area (Å²) in [5.41, 5.74) is 0.886. The number of nitrogens with zero attached hydrogens (tertiary/aromatic N) is 3. The molecule has 0 spiro atoms. The van der Waals surface area contributed by atoms with E-state index in [-0.39, 0.29) is 17.8 Å². The first-order valence-corrected chi connectivity index (χ1v) is 8.74. The number of halogens is 1. The minimum absolute atomic E-state index is 0.0471. The zero-order valence-corrected chi connectivity index (χ0v) is 14.2. The smallest absolute Gasteiger partial charge is 0.237 e. The van der Waals surface area contributed by atoms with Crippen molar-refractivity contribution in [3.05, 3.63) is 35.6 Å². The number of rotatable bonds is 4. The van der Waals surface area contributed by atoms with Crippen LogP contribution in [0, 0.1) is 5.82 Å². The lowest BCUT2D eigenvalue weighted by Gasteiger charge is -2.35. The highest BCUT2D eigenvalue weighted by Gasteiger charge is 2.35. The number of amides is 1. The van der Waals surface area contributed by atoms with Crippen molar-refractivity contribution in [2.75, 3.05) is 45.8 Å². The van der Waals surface area contributed by atoms with Crippen LogP contribution in [0.25, 0.3) is 0 Å². The summed E-state index contributed by atoms with van der Waals surface area (Å²) in [5, 5.41) is 10.0. The van der Waals surface area contributed by atoms with Crippen molar-refractivity contribution in [1.29, 1.82) is 0 Å². The molecule has 2 saturated heterocycles. The van der Waals surface area contributed by atoms with Gasteiger partial charge >= 0.3 is 0 Å². The van der Waals surface area contributed by atoms with E-state index in [1.807, 2.05) is 0 Å². The van der Waals surface area contributed by atoms with Crippen LogP contribution in [0.1, 0.15) is 24.9 Å². The summed E-state index contributed by atoms with van der Waals surface area (Å²) in [4.78, 5) is 19.1. The molecule has 0 bridgehead atoms. The zero-order valence-electron chi connectivity index (χ0n) is 14.2. The monoisotopic (exact) mass is 335 g/mol. The van der Waals surface area contributed by atoms with Gasteiger partial charge in [0.25, 0.3) is 0 Å². The van der Waals surface area contributed by atoms with Crippen LogP contribution in [0.3, 0.4) is 0 Å². The Bertz CT molecular complexity index is 558. The maximum absolute atomic E-state index is 13.1. The van der Waals surface area contributed by atoms with E-state index in [1.165, 1.54) is 12.1 Å². The van der Waals surface area contributed by atoms with E-state index >= 15 is 0 Å². The highest BCUT2D eigenvalue weighted by Crippen LogP contribution is 2.32. The van der Waals surface area contributed by atoms with Gasteiger partial charge in [-0.1, -0.05) is 19.1 Å². The van der Waals surface area contributed by atoms with Gasteiger partial charge in [-0.25, -0.2) is 4.39 Å². The van der Waals surface area contributed by atoms with Gasteiger partial charge in [-0.15, -0.1) is 0 Å². The van der Waals surface area contributed by atoms with E-state index in [4.69, 9.17) is 0 Å². The summed E-state index contributed by atoms with van der Waals surface area (Å²) in [6.45, 7) is 7.74. The summed E-state index contributed by atoms with van der Waals surface area (Å²) >= 11 is 0. The normalized spacial score (nSPS) is 26.0. The largest absolute Gasteiger partial charge is 0.391 e. The van der Waals surface area contributed by atoms with Crippen LogP contribution in [0.15, 0.2) is 24.3 Å². The Labute approximate surface area is 142 Å². The van der Waals surface area contributed by atoms with Gasteiger partial charge in [-0.3, -0.25) is 9.69 Å². The van der Waals surface area contributed by atoms with Crippen molar-refractivity contribution in [2.24, 2.45) is 0 Å². The fourth-order valence-corrected chi connectivity index (χ4v) is 3.64. The molecule has 1 N–H and O–H groups in total. The van der Waals surface area contributed by atoms with E-state index < -0.39 is 6.10 Å². The molecular weight excluding hydrogens is 309 g/mol. The fourth-order valence-electron chi connectivity index (χ4n) is 3.64. The molecule has 2 aliphatic heterocycles. The second-order valence-corrected chi connectivity index (χ2v) is 6.71. The first kappa shape index (κ1) is 17.3. The molecule has 2 heterocycles. The number of aliphatic hydroxyl groups excluding tert-OH is 1. The molecular formula is C18H26FN3O2. The van der Waals surface area contributed by atoms with Crippen molar-refractivity contribution in [2.45, 2.75) is 25.5 Å². The molecule has 0 aromatic heterocycles. The van der Waals surface area contributed by atoms with Crippen molar-refractivity contribution in [1.82, 2.24) is 14.7 Å². The van der Waals surface area contributed by atoms with Gasteiger partial charge in [0, 0.05) is 32.7 Å². The summed E-state index contributed by atoms with van der Waals surface area (Å²) in [6, 6.07) is 6.07. The predicted octanol–water partition coefficient (Wildman–Crippen LogP) is 1.10. The zero-order chi connectivity index (χ0) is 17.1. The molecule has 2 fully saturated rings. The number of piperazine rings is 1. The third-order valence-corrected chi connectivity index (χ3v) is 5.13. The van der Waals surface area contributed by atoms with Gasteiger partial charge in [-0.05, 0) is 30.7 Å². The first-order valence-electron chi connectivity index (χ1n) is 8.74. The van der Waals surface area contributed by atoms with Crippen LogP contribution in [0.4, 0.5) is 4.39 Å². The van der Waals surface area contributed by atoms with E-state index in [0.717, 1.165) is 38.3 Å². The molecule has 0 saturated carbocycles. The van der Waals surface area contributed by atoms with Gasteiger partial charge in [0.2, 0.25) is 5.91 Å². The summed E-state index contributed by atoms with van der Waals surface area (Å²) in [7, 11) is 0. The minimum Gasteiger partial charge on any atom is -0.391 e. The van der Waals surface area contributed by atoms with Crippen LogP contribution in [0.2, 0.25) is 0 Å². The molecule has 3 rings (SSSR count). The topological polar surface area (TPSA) is 47.0 Å². The lowest BCUT2D eigenvalue weighted by molar-refractivity contribution is -0.134. The molecule has 1 aromatic rings. The third kappa shape index (κ3) is 3.94. The predicted molar refractivity (Wildman–Crippen MR) is 90.0 cm³/mol. The number of likely N-dealkylation sites (N-methyl/N-ethyl adjacent to an activating group) is 1. The second-order valence-electron chi connectivity index (χ2n) is 6.71. The van der Waals surface area contributed by atoms with E-state index in [0.29, 0.717) is 19.5 Å². The molecule has 132 valence electrons. The van der Waals surface area contributed by atoms with Gasteiger partial charge < -0.3 is 14.9 Å². The second kappa shape index (κ2) is 7.59. The number of β-amino-alcohol motifs (C(OH)–C–C–N with tert-alkyl or cyclic N) is 1. The quantitative estimate of drug-likeness (QED) is 0.895. The average Bonchev–Trinajstić information content (AvgIpc) is 2.98. The van der Waals surface area contributed by atoms with Crippen LogP contribution < -0.4 is 0 Å². The number of carbonyl (C=O) groups is 1. The number of hydrogen-bond acceptors (Lipinski definition) is 4. The van der Waals surface area contributed by atoms with Crippen LogP contribution in [-0.2, 0) is 4.79 Å². The summed E-state index contributed by atoms with van der Waals surface area (Å²) in [5.74, 6) is -0.241. The molecule has 0 radical (unpaired) electrons. The summed E-state index contributed by atoms with van der Waals surface area (Å²) < 4.78 is 13.1. The van der Waals surface area contributed by atoms with Gasteiger partial charge in [0.1, 0.15) is 5.82 Å². The molecule has 1 aromatic carbocycles. The number of aliphatic hydroxyl groups is 1. The van der Waals surface area contributed by atoms with Crippen molar-refractivity contribution in [3.8, 4) is 0 Å². The van der Waals surface area contributed by atoms with E-state index in [1.54, 1.807) is 17.0 Å². The van der Waals surface area contributed by atoms with E-state index in [2.05, 4.69) is 16.7 Å². The minimum atomic E-state index is -0.513. The van der Waals surface area contributed by atoms with E-state index in [9.17, 15) is 14.3 Å². The molecule has 24 heavy (non-hydrogen) atoms. The van der Waals surface area contributed by atoms with Gasteiger partial charge in [-0.2, -0.15) is 0 Å². The molecule has 0 aliphatic carbocycles. The van der Waals surface area contributed by atoms with Crippen LogP contribution in [0.5, 0.6) is 0 Å². The number of benzene rings is 1. The van der Waals surface area contributed by atoms with Gasteiger partial charge in [0.05, 0.1) is 18.7 Å². The molecule has 5 nitrogen and oxygen atoms in total. The average molecular weight is 335 g/mol. The van der Waals surface area contributed by atoms with Crippen molar-refractivity contribution < 1.29 is 14.3 Å². The number of hydrogen-bond donors (Lipinski definition) is 1. The van der Waals surface area contributed by atoms with Crippen LogP contribution >= 0.6 is 0 Å². The lowest BCUT2D eigenvalue weighted by Crippen LogP contribution is -2.49. The Kier molecular flexibility index (Phi) is 5.48. The maximum atomic E-state index is 13.1. The number of carbonyl (C=O) groups excluding carboxylic acids is 1. The Morgan fingerprint density at radius 2 is 1.79 bits per heavy atom. The Morgan fingerprint density at radius 1 is 1.17 bits per heavy atom. The standard InChI is InChI=1S/C18H26FN3O2/c1-2-20-7-9-21(10-8-20)13-18(24)22-12-16(23)11-17(22)14-3-5-15(19)6-4-14/h3-6,16-17,23H,2,7-13H2,1H3/t16-,17+/m1/s1. The highest BCUT2D eigenvalue weighted by molar-refractivity contribution is 5.79. The summed E-state index contributed by atoms with van der Waals surface area (Å²) in [6.07, 6.45) is 0.00185. The SMILES string of the molecule is CCN1CCN(CC(=O)N2C[C@H](O)C[C@H]2c2ccc(F)cc2)CC1. The van der Waals surface area contributed by atoms with Crippen molar-refractivity contribution >= 4 is 5.91 Å². The lowest BCUT2D eigenvalue weighted by atomic mass is 10.0. The Balaban J connectivity index is 1.63. The molecule has 1 amide bonds. The molecule has 6 heteroatoms. The van der Waals surface area contributed by atoms with Crippen LogP contribution in [-0.4, -0.2) is 77.6 Å². The Hall–Kier alpha value is -1.50. The maximum Gasteiger partial charge on any atom is 0.237 e. The fraction of sp³-hybridized carbons (Fsp3) is 0.611. The first-order chi connectivity index (χ1) is 11.6. The Morgan fingerprint density at radius 3 is 2.42 bits per heavy atom. The molecule has 2 aliphatic rings. The molecule has 0 unspecified atom stereocenters. The molecule has 2 atom stereocenters.